The minimum Gasteiger partial charge on any atom is -0.477 e. The Bertz CT molecular complexity index is 1490. The zero-order valence-electron chi connectivity index (χ0n) is 23.1. The first-order valence-electron chi connectivity index (χ1n) is 14.0. The van der Waals surface area contributed by atoms with Gasteiger partial charge in [0.25, 0.3) is 0 Å². The molecule has 2 heterocycles. The Morgan fingerprint density at radius 3 is 2.31 bits per heavy atom. The number of nitrogens with zero attached hydrogens (tertiary/aromatic N) is 2. The summed E-state index contributed by atoms with van der Waals surface area (Å²) in [6.45, 7) is 2.23. The van der Waals surface area contributed by atoms with E-state index in [4.69, 9.17) is 9.47 Å². The van der Waals surface area contributed by atoms with Gasteiger partial charge in [0.05, 0.1) is 12.7 Å². The number of benzene rings is 4. The van der Waals surface area contributed by atoms with Crippen LogP contribution in [-0.2, 0) is 16.8 Å². The van der Waals surface area contributed by atoms with Crippen molar-refractivity contribution in [2.24, 2.45) is 0 Å². The molecule has 0 amide bonds. The summed E-state index contributed by atoms with van der Waals surface area (Å²) in [6.07, 6.45) is 5.23. The minimum atomic E-state index is -0.676. The summed E-state index contributed by atoms with van der Waals surface area (Å²) in [7, 11) is 5.51. The predicted octanol–water partition coefficient (Wildman–Crippen LogP) is 6.95. The maximum Gasteiger partial charge on any atom is 0.338 e. The normalized spacial score (nSPS) is 18.8. The molecule has 4 aromatic rings. The van der Waals surface area contributed by atoms with Gasteiger partial charge in [0.1, 0.15) is 5.75 Å². The Hall–Kier alpha value is -3.99. The fourth-order valence-corrected chi connectivity index (χ4v) is 6.23. The van der Waals surface area contributed by atoms with Crippen LogP contribution in [0.1, 0.15) is 52.7 Å². The van der Waals surface area contributed by atoms with Crippen LogP contribution in [0, 0.1) is 0 Å². The summed E-state index contributed by atoms with van der Waals surface area (Å²) in [5, 5.41) is 1.97. The lowest BCUT2D eigenvalue weighted by molar-refractivity contribution is 0.0587. The van der Waals surface area contributed by atoms with Crippen LogP contribution in [0.5, 0.6) is 5.75 Å². The molecule has 0 radical (unpaired) electrons. The number of methoxy groups -OCH3 is 1. The predicted molar refractivity (Wildman–Crippen MR) is 158 cm³/mol. The lowest BCUT2D eigenvalue weighted by Gasteiger charge is -2.41. The molecular weight excluding hydrogens is 484 g/mol. The van der Waals surface area contributed by atoms with Crippen LogP contribution in [0.15, 0.2) is 78.9 Å². The van der Waals surface area contributed by atoms with Crippen molar-refractivity contribution in [3.05, 3.63) is 101 Å². The average molecular weight is 521 g/mol. The molecule has 1 fully saturated rings. The number of ether oxygens (including phenoxy) is 2. The smallest absolute Gasteiger partial charge is 0.338 e. The van der Waals surface area contributed by atoms with Gasteiger partial charge >= 0.3 is 5.97 Å². The van der Waals surface area contributed by atoms with Gasteiger partial charge in [-0.3, -0.25) is 0 Å². The molecule has 6 rings (SSSR count). The van der Waals surface area contributed by atoms with Gasteiger partial charge in [-0.1, -0.05) is 48.5 Å². The van der Waals surface area contributed by atoms with Gasteiger partial charge in [-0.05, 0) is 73.4 Å². The molecule has 4 aromatic carbocycles. The third-order valence-corrected chi connectivity index (χ3v) is 8.40. The van der Waals surface area contributed by atoms with Crippen LogP contribution in [-0.4, -0.2) is 40.3 Å². The molecular formula is C34H36N2O3. The number of rotatable bonds is 5. The van der Waals surface area contributed by atoms with E-state index in [9.17, 15) is 4.79 Å². The summed E-state index contributed by atoms with van der Waals surface area (Å²) >= 11 is 0. The third kappa shape index (κ3) is 4.50. The fourth-order valence-electron chi connectivity index (χ4n) is 6.23. The summed E-state index contributed by atoms with van der Waals surface area (Å²) in [6, 6.07) is 27.7. The third-order valence-electron chi connectivity index (χ3n) is 8.40. The number of hydrogen-bond donors (Lipinski definition) is 0. The van der Waals surface area contributed by atoms with Gasteiger partial charge in [0.2, 0.25) is 0 Å². The van der Waals surface area contributed by atoms with Crippen molar-refractivity contribution in [2.75, 3.05) is 44.1 Å². The molecule has 5 nitrogen and oxygen atoms in total. The number of piperidine rings is 1. The Balaban J connectivity index is 1.52. The average Bonchev–Trinajstić information content (AvgIpc) is 3.00. The highest BCUT2D eigenvalue weighted by molar-refractivity contribution is 6.01. The fraction of sp³-hybridized carbons (Fsp3) is 0.324. The highest BCUT2D eigenvalue weighted by atomic mass is 16.5. The maximum atomic E-state index is 12.9. The standard InChI is InChI=1S/C34H36N2O3/c1-35(2)28-15-12-24-22-31(33(37)38-3)29-18-19-34(25-10-6-4-7-11-25,39-32(29)30(24)23-28)26-13-16-27(17-14-26)36-20-8-5-9-21-36/h4,6-7,10-17,22-23H,5,8-9,18-21H2,1-3H3. The van der Waals surface area contributed by atoms with Crippen molar-refractivity contribution < 1.29 is 14.3 Å². The van der Waals surface area contributed by atoms with E-state index in [0.29, 0.717) is 12.0 Å². The molecule has 2 aliphatic rings. The largest absolute Gasteiger partial charge is 0.477 e. The molecule has 1 atom stereocenters. The van der Waals surface area contributed by atoms with E-state index in [-0.39, 0.29) is 5.97 Å². The SMILES string of the molecule is COC(=O)c1cc2ccc(N(C)C)cc2c2c1CCC(c1ccccc1)(c1ccc(N3CCCCC3)cc1)O2. The summed E-state index contributed by atoms with van der Waals surface area (Å²) < 4.78 is 12.4. The molecule has 0 N–H and O–H groups in total. The van der Waals surface area contributed by atoms with Crippen LogP contribution in [0.2, 0.25) is 0 Å². The van der Waals surface area contributed by atoms with Crippen molar-refractivity contribution in [3.8, 4) is 5.75 Å². The summed E-state index contributed by atoms with van der Waals surface area (Å²) in [4.78, 5) is 17.5. The first kappa shape index (κ1) is 25.3. The van der Waals surface area contributed by atoms with Crippen molar-refractivity contribution in [1.82, 2.24) is 0 Å². The van der Waals surface area contributed by atoms with E-state index in [1.54, 1.807) is 0 Å². The Morgan fingerprint density at radius 2 is 1.62 bits per heavy atom. The first-order chi connectivity index (χ1) is 19.0. The van der Waals surface area contributed by atoms with Gasteiger partial charge in [0.15, 0.2) is 5.60 Å². The molecule has 1 saturated heterocycles. The van der Waals surface area contributed by atoms with Gasteiger partial charge in [-0.15, -0.1) is 0 Å². The van der Waals surface area contributed by atoms with Crippen molar-refractivity contribution in [1.29, 1.82) is 0 Å². The second-order valence-electron chi connectivity index (χ2n) is 10.9. The van der Waals surface area contributed by atoms with Crippen LogP contribution < -0.4 is 14.5 Å². The zero-order valence-corrected chi connectivity index (χ0v) is 23.1. The molecule has 0 spiro atoms. The second kappa shape index (κ2) is 10.3. The summed E-state index contributed by atoms with van der Waals surface area (Å²) in [5.41, 5.74) is 5.42. The maximum absolute atomic E-state index is 12.9. The number of anilines is 2. The minimum absolute atomic E-state index is 0.327. The monoisotopic (exact) mass is 520 g/mol. The Morgan fingerprint density at radius 1 is 0.897 bits per heavy atom. The van der Waals surface area contributed by atoms with E-state index in [2.05, 4.69) is 76.5 Å². The molecule has 0 bridgehead atoms. The van der Waals surface area contributed by atoms with E-state index in [1.807, 2.05) is 26.2 Å². The number of carbonyl (C=O) groups excluding carboxylic acids is 1. The lowest BCUT2D eigenvalue weighted by atomic mass is 9.78. The highest BCUT2D eigenvalue weighted by Gasteiger charge is 2.42. The van der Waals surface area contributed by atoms with E-state index in [1.165, 1.54) is 32.1 Å². The Kier molecular flexibility index (Phi) is 6.68. The van der Waals surface area contributed by atoms with E-state index in [0.717, 1.165) is 58.4 Å². The van der Waals surface area contributed by atoms with Crippen molar-refractivity contribution >= 4 is 28.1 Å². The number of esters is 1. The zero-order chi connectivity index (χ0) is 27.0. The van der Waals surface area contributed by atoms with Crippen LogP contribution in [0.3, 0.4) is 0 Å². The molecule has 2 aliphatic heterocycles. The highest BCUT2D eigenvalue weighted by Crippen LogP contribution is 2.48. The van der Waals surface area contributed by atoms with Crippen molar-refractivity contribution in [3.63, 3.8) is 0 Å². The van der Waals surface area contributed by atoms with E-state index >= 15 is 0 Å². The van der Waals surface area contributed by atoms with Crippen LogP contribution in [0.4, 0.5) is 11.4 Å². The molecule has 200 valence electrons. The van der Waals surface area contributed by atoms with Gasteiger partial charge in [-0.2, -0.15) is 0 Å². The molecule has 0 aliphatic carbocycles. The molecule has 0 aromatic heterocycles. The van der Waals surface area contributed by atoms with Gasteiger partial charge in [0, 0.05) is 55.1 Å². The molecule has 5 heteroatoms. The molecule has 39 heavy (non-hydrogen) atoms. The molecule has 0 saturated carbocycles. The quantitative estimate of drug-likeness (QED) is 0.266. The summed E-state index contributed by atoms with van der Waals surface area (Å²) in [5.74, 6) is 0.443. The van der Waals surface area contributed by atoms with Gasteiger partial charge in [-0.25, -0.2) is 4.79 Å². The number of hydrogen-bond acceptors (Lipinski definition) is 5. The lowest BCUT2D eigenvalue weighted by Crippen LogP contribution is -2.39. The first-order valence-corrected chi connectivity index (χ1v) is 14.0. The van der Waals surface area contributed by atoms with Crippen LogP contribution in [0.25, 0.3) is 10.8 Å². The number of carbonyl (C=O) groups is 1. The molecule has 1 unspecified atom stereocenters. The van der Waals surface area contributed by atoms with Crippen molar-refractivity contribution in [2.45, 2.75) is 37.7 Å². The van der Waals surface area contributed by atoms with E-state index < -0.39 is 5.60 Å². The Labute approximate surface area is 231 Å². The second-order valence-corrected chi connectivity index (χ2v) is 10.9. The van der Waals surface area contributed by atoms with Crippen LogP contribution >= 0.6 is 0 Å². The topological polar surface area (TPSA) is 42.0 Å². The number of fused-ring (bicyclic) bond motifs is 3. The van der Waals surface area contributed by atoms with Gasteiger partial charge < -0.3 is 19.3 Å².